The van der Waals surface area contributed by atoms with Crippen LogP contribution in [0.5, 0.6) is 0 Å². The van der Waals surface area contributed by atoms with E-state index in [1.165, 1.54) is 0 Å². The fraction of sp³-hybridized carbons (Fsp3) is 0.200. The Kier molecular flexibility index (Phi) is 14.1. The van der Waals surface area contributed by atoms with Crippen LogP contribution in [0.3, 0.4) is 0 Å². The van der Waals surface area contributed by atoms with Crippen molar-refractivity contribution in [3.63, 3.8) is 0 Å². The van der Waals surface area contributed by atoms with Gasteiger partial charge in [-0.2, -0.15) is 12.2 Å². The van der Waals surface area contributed by atoms with E-state index in [1.54, 1.807) is 0 Å². The van der Waals surface area contributed by atoms with Gasteiger partial charge in [-0.3, -0.25) is 12.2 Å². The molecule has 2 aliphatic carbocycles. The molecule has 0 aromatic heterocycles. The van der Waals surface area contributed by atoms with Gasteiger partial charge in [0.25, 0.3) is 0 Å². The number of hydrogen-bond acceptors (Lipinski definition) is 0. The van der Waals surface area contributed by atoms with Gasteiger partial charge >= 0.3 is 21.7 Å². The van der Waals surface area contributed by atoms with Gasteiger partial charge in [0.15, 0.2) is 0 Å². The van der Waals surface area contributed by atoms with Crippen molar-refractivity contribution in [2.45, 2.75) is 12.8 Å². The molecule has 12 heavy (non-hydrogen) atoms. The molecule has 0 radical (unpaired) electrons. The zero-order valence-electron chi connectivity index (χ0n) is 6.88. The van der Waals surface area contributed by atoms with Crippen molar-refractivity contribution < 1.29 is 43.4 Å². The third kappa shape index (κ3) is 8.48. The van der Waals surface area contributed by atoms with E-state index in [2.05, 4.69) is 24.3 Å². The zero-order chi connectivity index (χ0) is 7.07. The summed E-state index contributed by atoms with van der Waals surface area (Å²) in [6, 6.07) is 0. The van der Waals surface area contributed by atoms with Crippen LogP contribution < -0.4 is 0 Å². The minimum absolute atomic E-state index is 0. The summed E-state index contributed by atoms with van der Waals surface area (Å²) in [5, 5.41) is 0. The third-order valence-corrected chi connectivity index (χ3v) is 1.17. The SMILES string of the molecule is [C-]1=CC=CC1.[C-]1=CC=CC1.[Ti+2].[Ti]. The average Bonchev–Trinajstić information content (AvgIpc) is 2.67. The molecule has 0 aliphatic heterocycles. The van der Waals surface area contributed by atoms with Crippen molar-refractivity contribution in [3.05, 3.63) is 48.6 Å². The fourth-order valence-electron chi connectivity index (χ4n) is 0.680. The summed E-state index contributed by atoms with van der Waals surface area (Å²) in [6.07, 6.45) is 20.0. The van der Waals surface area contributed by atoms with Crippen LogP contribution in [0, 0.1) is 12.2 Å². The Bertz CT molecular complexity index is 146. The molecule has 0 nitrogen and oxygen atoms in total. The maximum atomic E-state index is 2.99. The Balaban J connectivity index is 0. The smallest absolute Gasteiger partial charge is 0.273 e. The molecular formula is C10H10Ti2. The Morgan fingerprint density at radius 3 is 1.33 bits per heavy atom. The molecule has 0 aromatic carbocycles. The van der Waals surface area contributed by atoms with Crippen molar-refractivity contribution in [3.8, 4) is 0 Å². The predicted molar refractivity (Wildman–Crippen MR) is 43.1 cm³/mol. The van der Waals surface area contributed by atoms with Crippen molar-refractivity contribution >= 4 is 0 Å². The van der Waals surface area contributed by atoms with Crippen LogP contribution >= 0.6 is 0 Å². The van der Waals surface area contributed by atoms with Crippen LogP contribution in [-0.2, 0) is 43.4 Å². The Hall–Kier alpha value is 0.389. The quantitative estimate of drug-likeness (QED) is 0.439. The summed E-state index contributed by atoms with van der Waals surface area (Å²) >= 11 is 0. The number of hydrogen-bond donors (Lipinski definition) is 0. The zero-order valence-corrected chi connectivity index (χ0v) is 10.0. The Morgan fingerprint density at radius 1 is 0.833 bits per heavy atom. The first kappa shape index (κ1) is 14.9. The van der Waals surface area contributed by atoms with Crippen molar-refractivity contribution in [2.75, 3.05) is 0 Å². The molecule has 0 heterocycles. The summed E-state index contributed by atoms with van der Waals surface area (Å²) in [5.74, 6) is 0. The summed E-state index contributed by atoms with van der Waals surface area (Å²) < 4.78 is 0. The topological polar surface area (TPSA) is 0 Å². The fourth-order valence-corrected chi connectivity index (χ4v) is 0.680. The van der Waals surface area contributed by atoms with Crippen LogP contribution in [0.25, 0.3) is 0 Å². The summed E-state index contributed by atoms with van der Waals surface area (Å²) in [4.78, 5) is 0. The van der Waals surface area contributed by atoms with E-state index in [1.807, 2.05) is 24.3 Å². The van der Waals surface area contributed by atoms with E-state index in [0.717, 1.165) is 12.8 Å². The van der Waals surface area contributed by atoms with Crippen LogP contribution in [0.4, 0.5) is 0 Å². The Labute approximate surface area is 104 Å². The van der Waals surface area contributed by atoms with Gasteiger partial charge in [-0.15, -0.1) is 12.8 Å². The summed E-state index contributed by atoms with van der Waals surface area (Å²) in [5.41, 5.74) is 0. The second kappa shape index (κ2) is 11.4. The molecule has 0 aromatic rings. The molecule has 0 fully saturated rings. The van der Waals surface area contributed by atoms with Crippen molar-refractivity contribution in [1.82, 2.24) is 0 Å². The molecule has 0 amide bonds. The second-order valence-corrected chi connectivity index (χ2v) is 2.01. The minimum Gasteiger partial charge on any atom is -0.273 e. The first-order valence-corrected chi connectivity index (χ1v) is 3.43. The maximum absolute atomic E-state index is 2.99. The van der Waals surface area contributed by atoms with Crippen molar-refractivity contribution in [2.24, 2.45) is 0 Å². The van der Waals surface area contributed by atoms with Gasteiger partial charge in [-0.1, -0.05) is 0 Å². The van der Waals surface area contributed by atoms with E-state index in [-0.39, 0.29) is 43.4 Å². The molecule has 0 atom stereocenters. The molecule has 0 unspecified atom stereocenters. The monoisotopic (exact) mass is 226 g/mol. The van der Waals surface area contributed by atoms with E-state index < -0.39 is 0 Å². The van der Waals surface area contributed by atoms with Gasteiger partial charge < -0.3 is 0 Å². The molecule has 0 spiro atoms. The van der Waals surface area contributed by atoms with Gasteiger partial charge in [-0.25, -0.2) is 24.3 Å². The molecule has 58 valence electrons. The predicted octanol–water partition coefficient (Wildman–Crippen LogP) is 2.61. The molecule has 2 rings (SSSR count). The van der Waals surface area contributed by atoms with Crippen LogP contribution in [-0.4, -0.2) is 0 Å². The normalized spacial score (nSPS) is 14.7. The Morgan fingerprint density at radius 2 is 1.25 bits per heavy atom. The van der Waals surface area contributed by atoms with Crippen LogP contribution in [0.2, 0.25) is 0 Å². The van der Waals surface area contributed by atoms with Gasteiger partial charge in [0.2, 0.25) is 0 Å². The number of rotatable bonds is 0. The standard InChI is InChI=1S/2C5H5.2Ti/c2*1-2-4-5-3-1;;/h2*1-3H,4H2;;/q2*-1;;+2. The van der Waals surface area contributed by atoms with Gasteiger partial charge in [0, 0.05) is 21.7 Å². The molecule has 0 saturated heterocycles. The first-order chi connectivity index (χ1) is 5.00. The number of allylic oxidation sites excluding steroid dienone is 8. The third-order valence-electron chi connectivity index (χ3n) is 1.17. The van der Waals surface area contributed by atoms with E-state index in [9.17, 15) is 0 Å². The summed E-state index contributed by atoms with van der Waals surface area (Å²) in [7, 11) is 0. The molecule has 0 saturated carbocycles. The van der Waals surface area contributed by atoms with E-state index in [4.69, 9.17) is 0 Å². The minimum atomic E-state index is 0. The van der Waals surface area contributed by atoms with Gasteiger partial charge in [-0.05, 0) is 0 Å². The molecule has 2 heteroatoms. The largest absolute Gasteiger partial charge is 2.00 e. The average molecular weight is 226 g/mol. The van der Waals surface area contributed by atoms with Crippen LogP contribution in [0.15, 0.2) is 36.5 Å². The molecule has 2 aliphatic rings. The van der Waals surface area contributed by atoms with Crippen molar-refractivity contribution in [1.29, 1.82) is 0 Å². The molecular weight excluding hydrogens is 216 g/mol. The van der Waals surface area contributed by atoms with E-state index >= 15 is 0 Å². The van der Waals surface area contributed by atoms with Gasteiger partial charge in [0.1, 0.15) is 0 Å². The maximum Gasteiger partial charge on any atom is 2.00 e. The molecule has 0 bridgehead atoms. The first-order valence-electron chi connectivity index (χ1n) is 3.43. The second-order valence-electron chi connectivity index (χ2n) is 2.01. The van der Waals surface area contributed by atoms with Crippen LogP contribution in [0.1, 0.15) is 12.8 Å². The molecule has 0 N–H and O–H groups in total. The van der Waals surface area contributed by atoms with E-state index in [0.29, 0.717) is 0 Å². The van der Waals surface area contributed by atoms with Gasteiger partial charge in [0.05, 0.1) is 0 Å². The summed E-state index contributed by atoms with van der Waals surface area (Å²) in [6.45, 7) is 0.